The zero-order chi connectivity index (χ0) is 19.3. The van der Waals surface area contributed by atoms with Crippen LogP contribution in [-0.2, 0) is 14.3 Å². The Labute approximate surface area is 161 Å². The summed E-state index contributed by atoms with van der Waals surface area (Å²) in [5, 5.41) is 0. The van der Waals surface area contributed by atoms with Gasteiger partial charge in [-0.1, -0.05) is 54.6 Å². The van der Waals surface area contributed by atoms with E-state index in [1.54, 1.807) is 14.2 Å². The molecule has 144 valence electrons. The molecule has 0 amide bonds. The normalized spacial score (nSPS) is 20.9. The van der Waals surface area contributed by atoms with Crippen LogP contribution in [0.3, 0.4) is 0 Å². The molecule has 2 atom stereocenters. The van der Waals surface area contributed by atoms with Gasteiger partial charge in [0.05, 0.1) is 12.6 Å². The summed E-state index contributed by atoms with van der Waals surface area (Å²) >= 11 is 0. The summed E-state index contributed by atoms with van der Waals surface area (Å²) in [7, 11) is 3.30. The molecule has 3 rings (SSSR count). The Morgan fingerprint density at radius 2 is 1.81 bits per heavy atom. The number of likely N-dealkylation sites (tertiary alicyclic amines) is 1. The maximum Gasteiger partial charge on any atom is 0.180 e. The predicted molar refractivity (Wildman–Crippen MR) is 106 cm³/mol. The molecule has 2 N–H and O–H groups in total. The molecular formula is C22H28N2O3. The molecule has 1 fully saturated rings. The molecule has 1 aliphatic heterocycles. The van der Waals surface area contributed by atoms with Crippen LogP contribution in [-0.4, -0.2) is 50.3 Å². The van der Waals surface area contributed by atoms with E-state index < -0.39 is 11.8 Å². The second-order valence-corrected chi connectivity index (χ2v) is 6.95. The lowest BCUT2D eigenvalue weighted by molar-refractivity contribution is -0.241. The van der Waals surface area contributed by atoms with E-state index in [0.29, 0.717) is 13.1 Å². The molecule has 0 aromatic heterocycles. The fraction of sp³-hybridized carbons (Fsp3) is 0.409. The smallest absolute Gasteiger partial charge is 0.180 e. The maximum absolute atomic E-state index is 12.3. The number of carbonyl (C=O) groups excluding carboxylic acids is 1. The van der Waals surface area contributed by atoms with Gasteiger partial charge in [-0.05, 0) is 23.1 Å². The summed E-state index contributed by atoms with van der Waals surface area (Å²) in [5.74, 6) is -0.714. The number of nitrogens with two attached hydrogens (primary N) is 1. The lowest BCUT2D eigenvalue weighted by Crippen LogP contribution is -2.57. The standard InChI is InChI=1S/C22H28N2O3/c1-26-22(27-2)13-12-18(14-23)24(16-22)21(15-25)20-11-7-6-10-19(20)17-8-4-3-5-9-17/h3-11,15,18,21H,12-14,16,23H2,1-2H3. The highest BCUT2D eigenvalue weighted by Crippen LogP contribution is 2.37. The van der Waals surface area contributed by atoms with Crippen LogP contribution in [0, 0.1) is 0 Å². The third-order valence-electron chi connectivity index (χ3n) is 5.62. The number of hydrogen-bond acceptors (Lipinski definition) is 5. The Morgan fingerprint density at radius 3 is 2.44 bits per heavy atom. The Balaban J connectivity index is 2.02. The van der Waals surface area contributed by atoms with E-state index in [4.69, 9.17) is 15.2 Å². The third-order valence-corrected chi connectivity index (χ3v) is 5.62. The fourth-order valence-electron chi connectivity index (χ4n) is 4.00. The van der Waals surface area contributed by atoms with Gasteiger partial charge in [0, 0.05) is 33.2 Å². The number of methoxy groups -OCH3 is 2. The van der Waals surface area contributed by atoms with Crippen LogP contribution < -0.4 is 5.73 Å². The van der Waals surface area contributed by atoms with Crippen LogP contribution in [0.25, 0.3) is 11.1 Å². The van der Waals surface area contributed by atoms with Gasteiger partial charge in [0.2, 0.25) is 0 Å². The largest absolute Gasteiger partial charge is 0.352 e. The van der Waals surface area contributed by atoms with Crippen LogP contribution >= 0.6 is 0 Å². The Bertz CT molecular complexity index is 746. The van der Waals surface area contributed by atoms with E-state index in [-0.39, 0.29) is 6.04 Å². The van der Waals surface area contributed by atoms with Gasteiger partial charge in [0.15, 0.2) is 5.79 Å². The number of aldehydes is 1. The van der Waals surface area contributed by atoms with Crippen molar-refractivity contribution in [3.05, 3.63) is 60.2 Å². The number of ether oxygens (including phenoxy) is 2. The highest BCUT2D eigenvalue weighted by molar-refractivity contribution is 5.74. The molecule has 0 bridgehead atoms. The second-order valence-electron chi connectivity index (χ2n) is 6.95. The molecule has 1 heterocycles. The van der Waals surface area contributed by atoms with Crippen LogP contribution in [0.15, 0.2) is 54.6 Å². The first-order valence-electron chi connectivity index (χ1n) is 9.33. The van der Waals surface area contributed by atoms with Crippen LogP contribution in [0.1, 0.15) is 24.4 Å². The number of piperidine rings is 1. The average Bonchev–Trinajstić information content (AvgIpc) is 2.75. The van der Waals surface area contributed by atoms with E-state index in [1.165, 1.54) is 0 Å². The molecule has 1 aliphatic rings. The minimum atomic E-state index is -0.714. The minimum Gasteiger partial charge on any atom is -0.352 e. The Hall–Kier alpha value is -2.05. The maximum atomic E-state index is 12.3. The van der Waals surface area contributed by atoms with Gasteiger partial charge in [0.25, 0.3) is 0 Å². The van der Waals surface area contributed by atoms with Crippen molar-refractivity contribution in [1.82, 2.24) is 4.90 Å². The molecule has 2 aromatic carbocycles. The number of carbonyl (C=O) groups is 1. The van der Waals surface area contributed by atoms with Crippen molar-refractivity contribution >= 4 is 6.29 Å². The molecule has 1 saturated heterocycles. The summed E-state index contributed by atoms with van der Waals surface area (Å²) in [6.45, 7) is 0.982. The number of rotatable bonds is 7. The first kappa shape index (κ1) is 19.7. The molecule has 2 unspecified atom stereocenters. The van der Waals surface area contributed by atoms with Gasteiger partial charge in [-0.25, -0.2) is 0 Å². The first-order chi connectivity index (χ1) is 13.2. The molecular weight excluding hydrogens is 340 g/mol. The molecule has 0 radical (unpaired) electrons. The average molecular weight is 368 g/mol. The highest BCUT2D eigenvalue weighted by atomic mass is 16.7. The van der Waals surface area contributed by atoms with Crippen molar-refractivity contribution in [1.29, 1.82) is 0 Å². The van der Waals surface area contributed by atoms with E-state index in [0.717, 1.165) is 35.8 Å². The number of benzene rings is 2. The van der Waals surface area contributed by atoms with E-state index >= 15 is 0 Å². The zero-order valence-electron chi connectivity index (χ0n) is 16.0. The van der Waals surface area contributed by atoms with Gasteiger partial charge in [-0.2, -0.15) is 0 Å². The molecule has 0 saturated carbocycles. The fourth-order valence-corrected chi connectivity index (χ4v) is 4.00. The van der Waals surface area contributed by atoms with Crippen molar-refractivity contribution in [2.45, 2.75) is 30.7 Å². The summed E-state index contributed by atoms with van der Waals surface area (Å²) in [6.07, 6.45) is 2.58. The quantitative estimate of drug-likeness (QED) is 0.601. The molecule has 0 aliphatic carbocycles. The number of nitrogens with zero attached hydrogens (tertiary/aromatic N) is 1. The van der Waals surface area contributed by atoms with Gasteiger partial charge >= 0.3 is 0 Å². The predicted octanol–water partition coefficient (Wildman–Crippen LogP) is 3.01. The highest BCUT2D eigenvalue weighted by Gasteiger charge is 2.42. The molecule has 2 aromatic rings. The van der Waals surface area contributed by atoms with Crippen molar-refractivity contribution in [2.75, 3.05) is 27.3 Å². The van der Waals surface area contributed by atoms with Gasteiger partial charge < -0.3 is 20.0 Å². The summed E-state index contributed by atoms with van der Waals surface area (Å²) < 4.78 is 11.4. The summed E-state index contributed by atoms with van der Waals surface area (Å²) in [6, 6.07) is 17.9. The van der Waals surface area contributed by atoms with Gasteiger partial charge in [-0.15, -0.1) is 0 Å². The summed E-state index contributed by atoms with van der Waals surface area (Å²) in [5.41, 5.74) is 9.16. The van der Waals surface area contributed by atoms with Crippen LogP contribution in [0.2, 0.25) is 0 Å². The van der Waals surface area contributed by atoms with Crippen LogP contribution in [0.5, 0.6) is 0 Å². The van der Waals surface area contributed by atoms with Crippen molar-refractivity contribution < 1.29 is 14.3 Å². The van der Waals surface area contributed by atoms with E-state index in [2.05, 4.69) is 23.1 Å². The van der Waals surface area contributed by atoms with Gasteiger partial charge in [-0.3, -0.25) is 4.90 Å². The summed E-state index contributed by atoms with van der Waals surface area (Å²) in [4.78, 5) is 14.4. The lowest BCUT2D eigenvalue weighted by Gasteiger charge is -2.47. The van der Waals surface area contributed by atoms with Crippen molar-refractivity contribution in [3.63, 3.8) is 0 Å². The third kappa shape index (κ3) is 3.96. The molecule has 27 heavy (non-hydrogen) atoms. The van der Waals surface area contributed by atoms with Crippen LogP contribution in [0.4, 0.5) is 0 Å². The Morgan fingerprint density at radius 1 is 1.15 bits per heavy atom. The van der Waals surface area contributed by atoms with E-state index in [9.17, 15) is 4.79 Å². The zero-order valence-corrected chi connectivity index (χ0v) is 16.0. The first-order valence-corrected chi connectivity index (χ1v) is 9.33. The van der Waals surface area contributed by atoms with Gasteiger partial charge in [0.1, 0.15) is 6.29 Å². The molecule has 5 heteroatoms. The van der Waals surface area contributed by atoms with Crippen molar-refractivity contribution in [2.24, 2.45) is 5.73 Å². The second kappa shape index (κ2) is 8.76. The topological polar surface area (TPSA) is 64.8 Å². The Kier molecular flexibility index (Phi) is 6.39. The molecule has 5 nitrogen and oxygen atoms in total. The van der Waals surface area contributed by atoms with Crippen molar-refractivity contribution in [3.8, 4) is 11.1 Å². The SMILES string of the molecule is COC1(OC)CCC(CN)N(C(C=O)c2ccccc2-c2ccccc2)C1. The van der Waals surface area contributed by atoms with E-state index in [1.807, 2.05) is 36.4 Å². The number of hydrogen-bond donors (Lipinski definition) is 1. The molecule has 0 spiro atoms. The monoisotopic (exact) mass is 368 g/mol. The lowest BCUT2D eigenvalue weighted by atomic mass is 9.90. The minimum absolute atomic E-state index is 0.0995.